The Morgan fingerprint density at radius 3 is 3.19 bits per heavy atom. The van der Waals surface area contributed by atoms with Gasteiger partial charge in [0.15, 0.2) is 0 Å². The van der Waals surface area contributed by atoms with Gasteiger partial charge in [-0.05, 0) is 12.8 Å². The van der Waals surface area contributed by atoms with Crippen LogP contribution in [-0.2, 0) is 20.0 Å². The summed E-state index contributed by atoms with van der Waals surface area (Å²) in [6.07, 6.45) is 4.60. The maximum absolute atomic E-state index is 12.3. The van der Waals surface area contributed by atoms with Crippen LogP contribution in [0.1, 0.15) is 46.5 Å². The molecule has 7 heteroatoms. The van der Waals surface area contributed by atoms with E-state index < -0.39 is 6.10 Å². The summed E-state index contributed by atoms with van der Waals surface area (Å²) < 4.78 is 7.09. The van der Waals surface area contributed by atoms with Crippen LogP contribution in [0.25, 0.3) is 0 Å². The number of furan rings is 1. The Morgan fingerprint density at radius 1 is 1.67 bits per heavy atom. The number of hydrogen-bond acceptors (Lipinski definition) is 4. The molecular weight excluding hydrogens is 294 g/mol. The summed E-state index contributed by atoms with van der Waals surface area (Å²) in [7, 11) is 1.78. The highest BCUT2D eigenvalue weighted by Gasteiger charge is 2.28. The third-order valence-electron chi connectivity index (χ3n) is 3.80. The number of carbonyl (C=O) groups is 1. The number of aryl methyl sites for hydroxylation is 1. The van der Waals surface area contributed by atoms with Crippen molar-refractivity contribution in [3.05, 3.63) is 40.3 Å². The van der Waals surface area contributed by atoms with Gasteiger partial charge in [0.25, 0.3) is 5.91 Å². The van der Waals surface area contributed by atoms with Gasteiger partial charge < -0.3 is 19.4 Å². The lowest BCUT2D eigenvalue weighted by Gasteiger charge is -2.17. The Bertz CT molecular complexity index is 677. The summed E-state index contributed by atoms with van der Waals surface area (Å²) in [6.45, 7) is 0.262. The number of aliphatic hydroxyl groups excluding tert-OH is 1. The average molecular weight is 310 g/mol. The van der Waals surface area contributed by atoms with E-state index in [1.807, 2.05) is 0 Å². The van der Waals surface area contributed by atoms with E-state index in [2.05, 4.69) is 10.3 Å². The van der Waals surface area contributed by atoms with Gasteiger partial charge in [-0.25, -0.2) is 4.98 Å². The quantitative estimate of drug-likeness (QED) is 0.908. The summed E-state index contributed by atoms with van der Waals surface area (Å²) in [4.78, 5) is 16.4. The topological polar surface area (TPSA) is 80.3 Å². The van der Waals surface area contributed by atoms with E-state index in [4.69, 9.17) is 16.0 Å². The van der Waals surface area contributed by atoms with Crippen LogP contribution >= 0.6 is 11.6 Å². The lowest BCUT2D eigenvalue weighted by atomic mass is 9.92. The van der Waals surface area contributed by atoms with Crippen LogP contribution in [0.2, 0.25) is 5.15 Å². The number of rotatable bonds is 3. The monoisotopic (exact) mass is 309 g/mol. The third-order valence-corrected chi connectivity index (χ3v) is 4.15. The molecule has 3 rings (SSSR count). The number of fused-ring (bicyclic) bond motifs is 1. The lowest BCUT2D eigenvalue weighted by Crippen LogP contribution is -2.26. The molecule has 6 nitrogen and oxygen atoms in total. The van der Waals surface area contributed by atoms with Crippen molar-refractivity contribution in [2.24, 2.45) is 7.05 Å². The number of hydrogen-bond donors (Lipinski definition) is 2. The second kappa shape index (κ2) is 5.54. The number of nitrogens with zero attached hydrogens (tertiary/aromatic N) is 2. The van der Waals surface area contributed by atoms with Gasteiger partial charge in [-0.2, -0.15) is 0 Å². The standard InChI is InChI=1S/C14H16ClN3O3/c1-18-11(15)5-16-12(18)6-17-14(20)8-7-21-10-4-2-3-9(19)13(8)10/h5,7,9,19H,2-4,6H2,1H3,(H,17,20). The summed E-state index contributed by atoms with van der Waals surface area (Å²) in [5, 5.41) is 13.3. The van der Waals surface area contributed by atoms with Gasteiger partial charge in [0.1, 0.15) is 23.0 Å². The first-order valence-electron chi connectivity index (χ1n) is 6.80. The lowest BCUT2D eigenvalue weighted by molar-refractivity contribution is 0.0939. The zero-order valence-corrected chi connectivity index (χ0v) is 12.4. The van der Waals surface area contributed by atoms with Crippen molar-refractivity contribution >= 4 is 17.5 Å². The second-order valence-electron chi connectivity index (χ2n) is 5.13. The molecule has 0 bridgehead atoms. The van der Waals surface area contributed by atoms with E-state index in [1.54, 1.807) is 11.6 Å². The van der Waals surface area contributed by atoms with Crippen LogP contribution in [0.4, 0.5) is 0 Å². The molecule has 0 fully saturated rings. The largest absolute Gasteiger partial charge is 0.468 e. The van der Waals surface area contributed by atoms with Gasteiger partial charge in [-0.15, -0.1) is 0 Å². The van der Waals surface area contributed by atoms with E-state index in [1.165, 1.54) is 12.5 Å². The SMILES string of the molecule is Cn1c(Cl)cnc1CNC(=O)c1coc2c1C(O)CCC2. The molecular formula is C14H16ClN3O3. The van der Waals surface area contributed by atoms with E-state index in [-0.39, 0.29) is 12.5 Å². The minimum absolute atomic E-state index is 0.262. The van der Waals surface area contributed by atoms with E-state index in [0.717, 1.165) is 12.8 Å². The van der Waals surface area contributed by atoms with Gasteiger partial charge in [-0.3, -0.25) is 4.79 Å². The van der Waals surface area contributed by atoms with Gasteiger partial charge in [0.2, 0.25) is 0 Å². The molecule has 0 spiro atoms. The van der Waals surface area contributed by atoms with Crippen molar-refractivity contribution < 1.29 is 14.3 Å². The Hall–Kier alpha value is -1.79. The molecule has 0 saturated carbocycles. The molecule has 1 aliphatic rings. The number of carbonyl (C=O) groups excluding carboxylic acids is 1. The van der Waals surface area contributed by atoms with Gasteiger partial charge >= 0.3 is 0 Å². The highest BCUT2D eigenvalue weighted by atomic mass is 35.5. The predicted molar refractivity (Wildman–Crippen MR) is 76.0 cm³/mol. The maximum Gasteiger partial charge on any atom is 0.255 e. The molecule has 0 radical (unpaired) electrons. The van der Waals surface area contributed by atoms with Crippen molar-refractivity contribution in [3.63, 3.8) is 0 Å². The Labute approximate surface area is 126 Å². The summed E-state index contributed by atoms with van der Waals surface area (Å²) >= 11 is 5.90. The smallest absolute Gasteiger partial charge is 0.255 e. The number of amides is 1. The van der Waals surface area contributed by atoms with Crippen LogP contribution < -0.4 is 5.32 Å². The highest BCUT2D eigenvalue weighted by Crippen LogP contribution is 2.33. The van der Waals surface area contributed by atoms with Crippen LogP contribution in [0.5, 0.6) is 0 Å². The fraction of sp³-hybridized carbons (Fsp3) is 0.429. The average Bonchev–Trinajstić information content (AvgIpc) is 3.03. The minimum Gasteiger partial charge on any atom is -0.468 e. The maximum atomic E-state index is 12.3. The highest BCUT2D eigenvalue weighted by molar-refractivity contribution is 6.29. The van der Waals surface area contributed by atoms with Crippen LogP contribution in [0.3, 0.4) is 0 Å². The van der Waals surface area contributed by atoms with Crippen LogP contribution in [0.15, 0.2) is 16.9 Å². The molecule has 2 aromatic rings. The Morgan fingerprint density at radius 2 is 2.48 bits per heavy atom. The molecule has 1 aliphatic carbocycles. The molecule has 21 heavy (non-hydrogen) atoms. The van der Waals surface area contributed by atoms with Crippen LogP contribution in [0, 0.1) is 0 Å². The molecule has 2 N–H and O–H groups in total. The number of halogens is 1. The number of aromatic nitrogens is 2. The molecule has 1 atom stereocenters. The van der Waals surface area contributed by atoms with E-state index in [0.29, 0.717) is 34.3 Å². The summed E-state index contributed by atoms with van der Waals surface area (Å²) in [5.74, 6) is 1.09. The third kappa shape index (κ3) is 2.56. The van der Waals surface area contributed by atoms with Gasteiger partial charge in [0, 0.05) is 19.0 Å². The number of nitrogens with one attached hydrogen (secondary N) is 1. The fourth-order valence-electron chi connectivity index (χ4n) is 2.59. The molecule has 1 amide bonds. The molecule has 2 heterocycles. The van der Waals surface area contributed by atoms with Crippen molar-refractivity contribution in [3.8, 4) is 0 Å². The van der Waals surface area contributed by atoms with Crippen molar-refractivity contribution in [2.45, 2.75) is 31.9 Å². The molecule has 112 valence electrons. The first-order chi connectivity index (χ1) is 10.1. The number of imidazole rings is 1. The second-order valence-corrected chi connectivity index (χ2v) is 5.52. The molecule has 0 aromatic carbocycles. The number of aliphatic hydroxyl groups is 1. The molecule has 0 aliphatic heterocycles. The minimum atomic E-state index is -0.629. The first kappa shape index (κ1) is 14.2. The zero-order chi connectivity index (χ0) is 15.0. The van der Waals surface area contributed by atoms with Crippen LogP contribution in [-0.4, -0.2) is 20.6 Å². The first-order valence-corrected chi connectivity index (χ1v) is 7.18. The van der Waals surface area contributed by atoms with Gasteiger partial charge in [0.05, 0.1) is 24.4 Å². The van der Waals surface area contributed by atoms with Gasteiger partial charge in [-0.1, -0.05) is 11.6 Å². The summed E-state index contributed by atoms with van der Waals surface area (Å²) in [5.41, 5.74) is 1.02. The zero-order valence-electron chi connectivity index (χ0n) is 11.6. The van der Waals surface area contributed by atoms with Crippen molar-refractivity contribution in [1.82, 2.24) is 14.9 Å². The molecule has 1 unspecified atom stereocenters. The Balaban J connectivity index is 1.74. The van der Waals surface area contributed by atoms with Crippen molar-refractivity contribution in [1.29, 1.82) is 0 Å². The van der Waals surface area contributed by atoms with E-state index in [9.17, 15) is 9.90 Å². The van der Waals surface area contributed by atoms with Crippen molar-refractivity contribution in [2.75, 3.05) is 0 Å². The molecule has 2 aromatic heterocycles. The van der Waals surface area contributed by atoms with E-state index >= 15 is 0 Å². The fourth-order valence-corrected chi connectivity index (χ4v) is 2.73. The predicted octanol–water partition coefficient (Wildman–Crippen LogP) is 1.97. The molecule has 0 saturated heterocycles. The summed E-state index contributed by atoms with van der Waals surface area (Å²) in [6, 6.07) is 0. The Kier molecular flexibility index (Phi) is 3.73. The normalized spacial score (nSPS) is 17.6.